The third kappa shape index (κ3) is 1.89. The molecule has 1 aromatic carbocycles. The van der Waals surface area contributed by atoms with Crippen molar-refractivity contribution in [1.82, 2.24) is 29.9 Å². The highest BCUT2D eigenvalue weighted by Gasteiger charge is 2.17. The lowest BCUT2D eigenvalue weighted by molar-refractivity contribution is 0.415. The first kappa shape index (κ1) is 14.0. The van der Waals surface area contributed by atoms with E-state index in [1.165, 1.54) is 0 Å². The fourth-order valence-electron chi connectivity index (χ4n) is 3.40. The van der Waals surface area contributed by atoms with Crippen LogP contribution in [0.1, 0.15) is 5.69 Å². The molecule has 0 saturated heterocycles. The van der Waals surface area contributed by atoms with E-state index in [0.717, 1.165) is 55.7 Å². The average Bonchev–Trinajstić information content (AvgIpc) is 3.31. The zero-order valence-corrected chi connectivity index (χ0v) is 14.1. The predicted octanol–water partition coefficient (Wildman–Crippen LogP) is 3.31. The molecule has 5 aromatic rings. The van der Waals surface area contributed by atoms with Crippen LogP contribution in [0.4, 0.5) is 0 Å². The summed E-state index contributed by atoms with van der Waals surface area (Å²) < 4.78 is 7.23. The van der Waals surface area contributed by atoms with E-state index < -0.39 is 0 Å². The first-order valence-electron chi connectivity index (χ1n) is 7.99. The zero-order chi connectivity index (χ0) is 17.1. The monoisotopic (exact) mass is 332 g/mol. The molecule has 5 rings (SSSR count). The van der Waals surface area contributed by atoms with Crippen molar-refractivity contribution < 1.29 is 4.74 Å². The summed E-state index contributed by atoms with van der Waals surface area (Å²) >= 11 is 0. The molecule has 0 aliphatic rings. The van der Waals surface area contributed by atoms with Gasteiger partial charge in [-0.1, -0.05) is 0 Å². The SMILES string of the molecule is COc1ccc2c(c1)c(-c1cc3c(n1)nc(C)c1c[nH][nH]c13)nn2C. The number of hydrogen-bond acceptors (Lipinski definition) is 4. The summed E-state index contributed by atoms with van der Waals surface area (Å²) in [7, 11) is 3.60. The molecule has 0 atom stereocenters. The maximum atomic E-state index is 5.37. The van der Waals surface area contributed by atoms with Crippen LogP contribution in [-0.4, -0.2) is 37.1 Å². The Morgan fingerprint density at radius 3 is 2.80 bits per heavy atom. The molecule has 0 fully saturated rings. The molecule has 0 saturated carbocycles. The van der Waals surface area contributed by atoms with Gasteiger partial charge in [-0.25, -0.2) is 9.97 Å². The first-order chi connectivity index (χ1) is 12.2. The van der Waals surface area contributed by atoms with Crippen LogP contribution in [0.15, 0.2) is 30.5 Å². The lowest BCUT2D eigenvalue weighted by Gasteiger charge is -1.99. The minimum absolute atomic E-state index is 0.720. The fourth-order valence-corrected chi connectivity index (χ4v) is 3.40. The molecule has 2 N–H and O–H groups in total. The number of nitrogens with zero attached hydrogens (tertiary/aromatic N) is 4. The number of nitrogens with one attached hydrogen (secondary N) is 2. The molecule has 124 valence electrons. The Labute approximate surface area is 142 Å². The number of hydrogen-bond donors (Lipinski definition) is 2. The van der Waals surface area contributed by atoms with E-state index in [9.17, 15) is 0 Å². The van der Waals surface area contributed by atoms with E-state index >= 15 is 0 Å². The van der Waals surface area contributed by atoms with Crippen LogP contribution < -0.4 is 4.74 Å². The molecule has 0 bridgehead atoms. The molecule has 25 heavy (non-hydrogen) atoms. The fraction of sp³-hybridized carbons (Fsp3) is 0.167. The molecule has 0 aliphatic heterocycles. The molecule has 4 heterocycles. The highest BCUT2D eigenvalue weighted by Crippen LogP contribution is 2.33. The predicted molar refractivity (Wildman–Crippen MR) is 96.7 cm³/mol. The van der Waals surface area contributed by atoms with Gasteiger partial charge in [0.2, 0.25) is 0 Å². The zero-order valence-electron chi connectivity index (χ0n) is 14.1. The van der Waals surface area contributed by atoms with Crippen LogP contribution in [0.3, 0.4) is 0 Å². The second-order valence-electron chi connectivity index (χ2n) is 6.13. The number of rotatable bonds is 2. The van der Waals surface area contributed by atoms with Gasteiger partial charge < -0.3 is 9.84 Å². The van der Waals surface area contributed by atoms with Gasteiger partial charge in [-0.3, -0.25) is 9.78 Å². The highest BCUT2D eigenvalue weighted by molar-refractivity contribution is 6.06. The molecule has 7 heteroatoms. The van der Waals surface area contributed by atoms with Crippen LogP contribution in [0, 0.1) is 6.92 Å². The number of benzene rings is 1. The molecule has 4 aromatic heterocycles. The highest BCUT2D eigenvalue weighted by atomic mass is 16.5. The summed E-state index contributed by atoms with van der Waals surface area (Å²) in [6, 6.07) is 7.98. The van der Waals surface area contributed by atoms with Crippen molar-refractivity contribution in [2.24, 2.45) is 7.05 Å². The number of aromatic nitrogens is 6. The van der Waals surface area contributed by atoms with Gasteiger partial charge >= 0.3 is 0 Å². The number of methoxy groups -OCH3 is 1. The van der Waals surface area contributed by atoms with E-state index in [0.29, 0.717) is 0 Å². The van der Waals surface area contributed by atoms with Gasteiger partial charge in [0.1, 0.15) is 11.4 Å². The number of aryl methyl sites for hydroxylation is 2. The summed E-state index contributed by atoms with van der Waals surface area (Å²) in [4.78, 5) is 9.36. The third-order valence-electron chi connectivity index (χ3n) is 4.66. The van der Waals surface area contributed by atoms with Gasteiger partial charge in [-0.05, 0) is 31.2 Å². The maximum Gasteiger partial charge on any atom is 0.162 e. The van der Waals surface area contributed by atoms with Gasteiger partial charge in [0.15, 0.2) is 5.65 Å². The number of fused-ring (bicyclic) bond motifs is 4. The van der Waals surface area contributed by atoms with Gasteiger partial charge in [0.05, 0.1) is 29.5 Å². The Morgan fingerprint density at radius 2 is 1.96 bits per heavy atom. The second kappa shape index (κ2) is 4.83. The quantitative estimate of drug-likeness (QED) is 0.519. The summed E-state index contributed by atoms with van der Waals surface area (Å²) in [6.45, 7) is 1.98. The number of ether oxygens (including phenoxy) is 1. The van der Waals surface area contributed by atoms with Crippen LogP contribution >= 0.6 is 0 Å². The summed E-state index contributed by atoms with van der Waals surface area (Å²) in [5.74, 6) is 0.799. The number of aromatic amines is 2. The summed E-state index contributed by atoms with van der Waals surface area (Å²) in [6.07, 6.45) is 1.92. The van der Waals surface area contributed by atoms with Crippen LogP contribution in [0.25, 0.3) is 44.2 Å². The largest absolute Gasteiger partial charge is 0.497 e. The van der Waals surface area contributed by atoms with Gasteiger partial charge in [-0.15, -0.1) is 0 Å². The van der Waals surface area contributed by atoms with Crippen molar-refractivity contribution >= 4 is 32.8 Å². The molecule has 0 spiro atoms. The molecular weight excluding hydrogens is 316 g/mol. The third-order valence-corrected chi connectivity index (χ3v) is 4.66. The minimum Gasteiger partial charge on any atom is -0.497 e. The van der Waals surface area contributed by atoms with E-state index in [-0.39, 0.29) is 0 Å². The van der Waals surface area contributed by atoms with E-state index in [1.807, 2.05) is 49.1 Å². The van der Waals surface area contributed by atoms with Crippen molar-refractivity contribution in [3.63, 3.8) is 0 Å². The van der Waals surface area contributed by atoms with Gasteiger partial charge in [-0.2, -0.15) is 5.10 Å². The topological polar surface area (TPSA) is 84.4 Å². The average molecular weight is 332 g/mol. The van der Waals surface area contributed by atoms with E-state index in [2.05, 4.69) is 20.3 Å². The normalized spacial score (nSPS) is 11.8. The van der Waals surface area contributed by atoms with Crippen LogP contribution in [0.5, 0.6) is 5.75 Å². The standard InChI is InChI=1S/C18H16N6O/c1-9-13-8-19-22-16(13)12-7-14(21-18(12)20-9)17-11-6-10(25-3)4-5-15(11)24(2)23-17/h4-8,19,22H,1-3H3. The van der Waals surface area contributed by atoms with Gasteiger partial charge in [0.25, 0.3) is 0 Å². The van der Waals surface area contributed by atoms with Crippen molar-refractivity contribution in [1.29, 1.82) is 0 Å². The first-order valence-corrected chi connectivity index (χ1v) is 7.99. The van der Waals surface area contributed by atoms with Crippen LogP contribution in [0.2, 0.25) is 0 Å². The van der Waals surface area contributed by atoms with Crippen molar-refractivity contribution in [2.45, 2.75) is 6.92 Å². The number of pyridine rings is 1. The molecule has 0 radical (unpaired) electrons. The molecule has 0 aliphatic carbocycles. The lowest BCUT2D eigenvalue weighted by Crippen LogP contribution is -1.89. The van der Waals surface area contributed by atoms with Crippen LogP contribution in [-0.2, 0) is 7.05 Å². The molecule has 0 amide bonds. The Bertz CT molecular complexity index is 1260. The molecule has 0 unspecified atom stereocenters. The Hall–Kier alpha value is -3.35. The summed E-state index contributed by atoms with van der Waals surface area (Å²) in [5, 5.41) is 14.0. The molecular formula is C18H16N6O. The maximum absolute atomic E-state index is 5.37. The lowest BCUT2D eigenvalue weighted by atomic mass is 10.1. The van der Waals surface area contributed by atoms with Gasteiger partial charge in [0, 0.05) is 29.4 Å². The van der Waals surface area contributed by atoms with Crippen molar-refractivity contribution in [3.8, 4) is 17.1 Å². The second-order valence-corrected chi connectivity index (χ2v) is 6.13. The van der Waals surface area contributed by atoms with E-state index in [4.69, 9.17) is 9.72 Å². The smallest absolute Gasteiger partial charge is 0.162 e. The van der Waals surface area contributed by atoms with E-state index in [1.54, 1.807) is 7.11 Å². The minimum atomic E-state index is 0.720. The Kier molecular flexibility index (Phi) is 2.71. The number of H-pyrrole nitrogens is 2. The Balaban J connectivity index is 1.82. The molecule has 7 nitrogen and oxygen atoms in total. The summed E-state index contributed by atoms with van der Waals surface area (Å²) in [5.41, 5.74) is 5.35. The van der Waals surface area contributed by atoms with Crippen molar-refractivity contribution in [2.75, 3.05) is 7.11 Å². The van der Waals surface area contributed by atoms with Crippen molar-refractivity contribution in [3.05, 3.63) is 36.2 Å². The Morgan fingerprint density at radius 1 is 1.08 bits per heavy atom.